The summed E-state index contributed by atoms with van der Waals surface area (Å²) >= 11 is 0. The molecule has 5 nitrogen and oxygen atoms in total. The molecule has 0 radical (unpaired) electrons. The predicted octanol–water partition coefficient (Wildman–Crippen LogP) is 2.66. The van der Waals surface area contributed by atoms with Crippen LogP contribution in [0.5, 0.6) is 0 Å². The average Bonchev–Trinajstić information content (AvgIpc) is 2.56. The number of carbonyl (C=O) groups excluding carboxylic acids is 4. The van der Waals surface area contributed by atoms with Crippen molar-refractivity contribution >= 4 is 17.9 Å². The molecule has 0 aromatic heterocycles. The molecule has 0 aliphatic heterocycles. The summed E-state index contributed by atoms with van der Waals surface area (Å²) in [7, 11) is 0. The Morgan fingerprint density at radius 2 is 2.00 bits per heavy atom. The molecule has 1 rings (SSSR count). The van der Waals surface area contributed by atoms with Crippen LogP contribution in [-0.4, -0.2) is 24.5 Å². The van der Waals surface area contributed by atoms with E-state index in [2.05, 4.69) is 0 Å². The van der Waals surface area contributed by atoms with Gasteiger partial charge in [-0.15, -0.1) is 0 Å². The van der Waals surface area contributed by atoms with Crippen molar-refractivity contribution < 1.29 is 29.4 Å². The summed E-state index contributed by atoms with van der Waals surface area (Å²) in [6.45, 7) is 3.38. The van der Waals surface area contributed by atoms with Gasteiger partial charge in [0.2, 0.25) is 0 Å². The molecule has 0 amide bonds. The third-order valence-electron chi connectivity index (χ3n) is 2.66. The quantitative estimate of drug-likeness (QED) is 0.723. The first-order valence-corrected chi connectivity index (χ1v) is 6.45. The first-order chi connectivity index (χ1) is 11.7. The summed E-state index contributed by atoms with van der Waals surface area (Å²) in [4.78, 5) is 39.8. The normalized spacial score (nSPS) is 13.2. The van der Waals surface area contributed by atoms with Gasteiger partial charge in [-0.2, -0.15) is 9.59 Å². The molecule has 0 saturated heterocycles. The molecule has 0 saturated carbocycles. The van der Waals surface area contributed by atoms with Gasteiger partial charge in [-0.3, -0.25) is 4.79 Å². The fourth-order valence-corrected chi connectivity index (χ4v) is 1.50. The smallest absolute Gasteiger partial charge is 0.373 e. The summed E-state index contributed by atoms with van der Waals surface area (Å²) in [6.07, 6.45) is 2.67. The summed E-state index contributed by atoms with van der Waals surface area (Å²) in [5, 5.41) is 0. The molecular weight excluding hydrogens is 272 g/mol. The van der Waals surface area contributed by atoms with Gasteiger partial charge in [0.1, 0.15) is 12.4 Å². The third kappa shape index (κ3) is 8.50. The Morgan fingerprint density at radius 3 is 2.57 bits per heavy atom. The van der Waals surface area contributed by atoms with E-state index >= 15 is 0 Å². The molecular formula is C16H20O5. The van der Waals surface area contributed by atoms with Crippen LogP contribution in [0.25, 0.3) is 0 Å². The fourth-order valence-electron chi connectivity index (χ4n) is 1.50. The van der Waals surface area contributed by atoms with Crippen LogP contribution in [0.2, 0.25) is 0 Å². The second-order valence-corrected chi connectivity index (χ2v) is 4.21. The van der Waals surface area contributed by atoms with E-state index < -0.39 is 24.1 Å². The molecule has 1 unspecified atom stereocenters. The van der Waals surface area contributed by atoms with E-state index in [0.717, 1.165) is 18.9 Å². The Morgan fingerprint density at radius 1 is 1.33 bits per heavy atom. The van der Waals surface area contributed by atoms with Crippen molar-refractivity contribution in [2.75, 3.05) is 6.61 Å². The van der Waals surface area contributed by atoms with Crippen LogP contribution in [0.4, 0.5) is 0 Å². The SMILES string of the molecule is O=C=O.[2H]c1cc(C(=O)OCC(CCCC)C(C)=O)c([2H])c([2H])c1[2H]. The molecule has 0 heterocycles. The van der Waals surface area contributed by atoms with Crippen LogP contribution in [-0.2, 0) is 19.1 Å². The summed E-state index contributed by atoms with van der Waals surface area (Å²) in [5.74, 6) is -1.27. The van der Waals surface area contributed by atoms with Crippen LogP contribution in [0.15, 0.2) is 30.2 Å². The number of hydrogen-bond acceptors (Lipinski definition) is 5. The van der Waals surface area contributed by atoms with Gasteiger partial charge in [0.05, 0.1) is 17.0 Å². The number of Topliss-reactive ketones (excluding diaryl/α,β-unsaturated/α-hetero) is 1. The lowest BCUT2D eigenvalue weighted by molar-refractivity contribution is -0.191. The highest BCUT2D eigenvalue weighted by Crippen LogP contribution is 2.11. The molecule has 0 fully saturated rings. The van der Waals surface area contributed by atoms with Crippen molar-refractivity contribution in [3.8, 4) is 0 Å². The van der Waals surface area contributed by atoms with Gasteiger partial charge in [-0.05, 0) is 25.5 Å². The van der Waals surface area contributed by atoms with Crippen molar-refractivity contribution in [3.63, 3.8) is 0 Å². The van der Waals surface area contributed by atoms with E-state index in [-0.39, 0.29) is 36.1 Å². The lowest BCUT2D eigenvalue weighted by Crippen LogP contribution is -2.20. The van der Waals surface area contributed by atoms with Crippen molar-refractivity contribution in [2.24, 2.45) is 5.92 Å². The maximum absolute atomic E-state index is 12.0. The zero-order chi connectivity index (χ0) is 19.6. The number of ether oxygens (including phenoxy) is 1. The van der Waals surface area contributed by atoms with Crippen LogP contribution < -0.4 is 0 Å². The predicted molar refractivity (Wildman–Crippen MR) is 75.4 cm³/mol. The second-order valence-electron chi connectivity index (χ2n) is 4.21. The van der Waals surface area contributed by atoms with Gasteiger partial charge in [-0.1, -0.05) is 37.9 Å². The molecule has 1 aromatic rings. The summed E-state index contributed by atoms with van der Waals surface area (Å²) in [6, 6.07) is -0.555. The molecule has 21 heavy (non-hydrogen) atoms. The molecule has 0 bridgehead atoms. The second kappa shape index (κ2) is 11.6. The number of esters is 1. The van der Waals surface area contributed by atoms with Crippen molar-refractivity contribution in [1.82, 2.24) is 0 Å². The van der Waals surface area contributed by atoms with E-state index in [9.17, 15) is 9.59 Å². The number of benzene rings is 1. The van der Waals surface area contributed by atoms with E-state index in [0.29, 0.717) is 6.42 Å². The molecule has 1 atom stereocenters. The number of hydrogen-bond donors (Lipinski definition) is 0. The van der Waals surface area contributed by atoms with Crippen molar-refractivity contribution in [2.45, 2.75) is 33.1 Å². The van der Waals surface area contributed by atoms with E-state index in [1.165, 1.54) is 6.92 Å². The minimum absolute atomic E-state index is 0.0591. The Bertz CT molecular complexity index is 654. The third-order valence-corrected chi connectivity index (χ3v) is 2.66. The van der Waals surface area contributed by atoms with E-state index in [1.807, 2.05) is 6.92 Å². The standard InChI is InChI=1S/C15H20O3.CO2/c1-3-4-8-14(12(2)16)11-18-15(17)13-9-6-5-7-10-13;2-1-3/h5-7,9-10,14H,3-4,8,11H2,1-2H3;/i5D,6D,7D,9D;. The molecule has 0 spiro atoms. The Labute approximate surface area is 129 Å². The highest BCUT2D eigenvalue weighted by molar-refractivity contribution is 5.89. The van der Waals surface area contributed by atoms with Gasteiger partial charge >= 0.3 is 12.1 Å². The van der Waals surface area contributed by atoms with Crippen molar-refractivity contribution in [3.05, 3.63) is 35.8 Å². The highest BCUT2D eigenvalue weighted by atomic mass is 16.5. The molecule has 0 aliphatic rings. The number of ketones is 1. The van der Waals surface area contributed by atoms with Gasteiger partial charge in [0, 0.05) is 0 Å². The topological polar surface area (TPSA) is 77.5 Å². The minimum Gasteiger partial charge on any atom is -0.461 e. The van der Waals surface area contributed by atoms with Gasteiger partial charge < -0.3 is 4.74 Å². The number of unbranched alkanes of at least 4 members (excludes halogenated alkanes) is 1. The van der Waals surface area contributed by atoms with Crippen LogP contribution in [0.1, 0.15) is 49.0 Å². The summed E-state index contributed by atoms with van der Waals surface area (Å²) < 4.78 is 35.2. The Hall–Kier alpha value is -2.26. The highest BCUT2D eigenvalue weighted by Gasteiger charge is 2.16. The van der Waals surface area contributed by atoms with Gasteiger partial charge in [-0.25, -0.2) is 4.79 Å². The Kier molecular flexibility index (Phi) is 6.87. The molecule has 1 aromatic carbocycles. The first-order valence-electron chi connectivity index (χ1n) is 8.45. The van der Waals surface area contributed by atoms with Crippen LogP contribution in [0.3, 0.4) is 0 Å². The lowest BCUT2D eigenvalue weighted by Gasteiger charge is -2.13. The molecule has 114 valence electrons. The average molecular weight is 296 g/mol. The van der Waals surface area contributed by atoms with Crippen molar-refractivity contribution in [1.29, 1.82) is 0 Å². The maximum Gasteiger partial charge on any atom is 0.373 e. The minimum atomic E-state index is -0.838. The molecule has 0 aliphatic carbocycles. The van der Waals surface area contributed by atoms with Gasteiger partial charge in [0.25, 0.3) is 0 Å². The van der Waals surface area contributed by atoms with Crippen LogP contribution >= 0.6 is 0 Å². The van der Waals surface area contributed by atoms with Gasteiger partial charge in [0.15, 0.2) is 0 Å². The monoisotopic (exact) mass is 296 g/mol. The van der Waals surface area contributed by atoms with E-state index in [1.54, 1.807) is 0 Å². The summed E-state index contributed by atoms with van der Waals surface area (Å²) in [5.41, 5.74) is -0.219. The van der Waals surface area contributed by atoms with E-state index in [4.69, 9.17) is 19.8 Å². The lowest BCUT2D eigenvalue weighted by atomic mass is 9.99. The fraction of sp³-hybridized carbons (Fsp3) is 0.438. The van der Waals surface area contributed by atoms with Crippen LogP contribution in [0, 0.1) is 5.92 Å². The zero-order valence-electron chi connectivity index (χ0n) is 16.0. The molecule has 5 heteroatoms. The number of carbonyl (C=O) groups is 2. The zero-order valence-corrected chi connectivity index (χ0v) is 12.0. The first kappa shape index (κ1) is 12.5. The Balaban J connectivity index is 0.00000178. The molecule has 0 N–H and O–H groups in total. The largest absolute Gasteiger partial charge is 0.461 e. The maximum atomic E-state index is 12.0. The number of rotatable bonds is 7.